The van der Waals surface area contributed by atoms with Gasteiger partial charge in [-0.05, 0) is 17.5 Å². The second kappa shape index (κ2) is 6.90. The van der Waals surface area contributed by atoms with Crippen molar-refractivity contribution in [2.45, 2.75) is 32.0 Å². The first-order chi connectivity index (χ1) is 9.32. The van der Waals surface area contributed by atoms with Crippen molar-refractivity contribution in [3.63, 3.8) is 0 Å². The van der Waals surface area contributed by atoms with Crippen molar-refractivity contribution < 1.29 is 9.84 Å². The SMILES string of the molecule is COc1ccc2c(c1)nc(SCC(O)C(C)(C)C)n2C.Cl. The minimum Gasteiger partial charge on any atom is -0.497 e. The standard InChI is InChI=1S/C15H22N2O2S.ClH/c1-15(2,3)13(18)9-20-14-16-11-8-10(19-5)6-7-12(11)17(14)4;/h6-8,13,18H,9H2,1-5H3;1H. The number of fused-ring (bicyclic) bond motifs is 1. The average molecular weight is 331 g/mol. The monoisotopic (exact) mass is 330 g/mol. The van der Waals surface area contributed by atoms with Crippen LogP contribution < -0.4 is 4.74 Å². The molecular formula is C15H23ClN2O2S. The number of aliphatic hydroxyl groups is 1. The summed E-state index contributed by atoms with van der Waals surface area (Å²) < 4.78 is 7.27. The molecule has 1 aromatic heterocycles. The topological polar surface area (TPSA) is 47.3 Å². The van der Waals surface area contributed by atoms with Gasteiger partial charge >= 0.3 is 0 Å². The van der Waals surface area contributed by atoms with E-state index in [1.54, 1.807) is 18.9 Å². The summed E-state index contributed by atoms with van der Waals surface area (Å²) >= 11 is 1.58. The molecule has 0 spiro atoms. The lowest BCUT2D eigenvalue weighted by molar-refractivity contribution is 0.0842. The van der Waals surface area contributed by atoms with Gasteiger partial charge in [-0.2, -0.15) is 0 Å². The average Bonchev–Trinajstić information content (AvgIpc) is 2.71. The summed E-state index contributed by atoms with van der Waals surface area (Å²) in [6.07, 6.45) is -0.359. The lowest BCUT2D eigenvalue weighted by Gasteiger charge is -2.25. The van der Waals surface area contributed by atoms with Gasteiger partial charge in [0.05, 0.1) is 24.2 Å². The quantitative estimate of drug-likeness (QED) is 0.872. The number of aryl methyl sites for hydroxylation is 1. The van der Waals surface area contributed by atoms with Gasteiger partial charge in [0, 0.05) is 18.9 Å². The van der Waals surface area contributed by atoms with Crippen LogP contribution in [-0.4, -0.2) is 33.6 Å². The van der Waals surface area contributed by atoms with Gasteiger partial charge in [-0.25, -0.2) is 4.98 Å². The molecule has 0 aliphatic carbocycles. The van der Waals surface area contributed by atoms with E-state index in [-0.39, 0.29) is 23.9 Å². The van der Waals surface area contributed by atoms with E-state index in [1.807, 2.05) is 46.0 Å². The molecule has 0 amide bonds. The maximum atomic E-state index is 10.1. The first-order valence-electron chi connectivity index (χ1n) is 6.64. The van der Waals surface area contributed by atoms with Crippen LogP contribution in [0.2, 0.25) is 0 Å². The van der Waals surface area contributed by atoms with Crippen LogP contribution in [-0.2, 0) is 7.05 Å². The van der Waals surface area contributed by atoms with E-state index in [0.717, 1.165) is 21.9 Å². The summed E-state index contributed by atoms with van der Waals surface area (Å²) in [5.41, 5.74) is 1.87. The van der Waals surface area contributed by atoms with Gasteiger partial charge in [-0.1, -0.05) is 32.5 Å². The Hall–Kier alpha value is -0.910. The number of ether oxygens (including phenoxy) is 1. The van der Waals surface area contributed by atoms with Gasteiger partial charge < -0.3 is 14.4 Å². The number of hydrogen-bond donors (Lipinski definition) is 1. The maximum absolute atomic E-state index is 10.1. The predicted octanol–water partition coefficient (Wildman–Crippen LogP) is 3.50. The zero-order valence-corrected chi connectivity index (χ0v) is 14.7. The van der Waals surface area contributed by atoms with E-state index in [2.05, 4.69) is 9.55 Å². The zero-order chi connectivity index (χ0) is 14.9. The fraction of sp³-hybridized carbons (Fsp3) is 0.533. The zero-order valence-electron chi connectivity index (χ0n) is 13.1. The molecule has 1 unspecified atom stereocenters. The smallest absolute Gasteiger partial charge is 0.168 e. The summed E-state index contributed by atoms with van der Waals surface area (Å²) in [6, 6.07) is 5.87. The Morgan fingerprint density at radius 2 is 2.05 bits per heavy atom. The first-order valence-corrected chi connectivity index (χ1v) is 7.63. The molecule has 118 valence electrons. The fourth-order valence-electron chi connectivity index (χ4n) is 1.82. The largest absolute Gasteiger partial charge is 0.497 e. The molecule has 2 aromatic rings. The molecule has 1 heterocycles. The van der Waals surface area contributed by atoms with Crippen molar-refractivity contribution in [2.75, 3.05) is 12.9 Å². The van der Waals surface area contributed by atoms with Crippen molar-refractivity contribution in [1.82, 2.24) is 9.55 Å². The Balaban J connectivity index is 0.00000220. The number of aliphatic hydroxyl groups excluding tert-OH is 1. The minimum atomic E-state index is -0.359. The lowest BCUT2D eigenvalue weighted by atomic mass is 9.90. The molecule has 4 nitrogen and oxygen atoms in total. The Labute approximate surface area is 136 Å². The van der Waals surface area contributed by atoms with Crippen molar-refractivity contribution in [1.29, 1.82) is 0 Å². The van der Waals surface area contributed by atoms with E-state index < -0.39 is 0 Å². The lowest BCUT2D eigenvalue weighted by Crippen LogP contribution is -2.28. The number of thioether (sulfide) groups is 1. The summed E-state index contributed by atoms with van der Waals surface area (Å²) in [5.74, 6) is 1.44. The summed E-state index contributed by atoms with van der Waals surface area (Å²) in [5, 5.41) is 11.0. The third-order valence-electron chi connectivity index (χ3n) is 3.42. The third kappa shape index (κ3) is 4.05. The number of benzene rings is 1. The highest BCUT2D eigenvalue weighted by Gasteiger charge is 2.23. The molecule has 0 bridgehead atoms. The minimum absolute atomic E-state index is 0. The molecule has 1 aromatic carbocycles. The summed E-state index contributed by atoms with van der Waals surface area (Å²) in [4.78, 5) is 4.61. The van der Waals surface area contributed by atoms with Crippen LogP contribution in [0.5, 0.6) is 5.75 Å². The van der Waals surface area contributed by atoms with Crippen LogP contribution in [0.4, 0.5) is 0 Å². The molecule has 0 fully saturated rings. The summed E-state index contributed by atoms with van der Waals surface area (Å²) in [7, 11) is 3.65. The Bertz CT molecular complexity index is 607. The number of halogens is 1. The van der Waals surface area contributed by atoms with Crippen LogP contribution in [0.25, 0.3) is 11.0 Å². The molecule has 21 heavy (non-hydrogen) atoms. The van der Waals surface area contributed by atoms with Crippen LogP contribution >= 0.6 is 24.2 Å². The molecule has 0 aliphatic heterocycles. The van der Waals surface area contributed by atoms with E-state index in [4.69, 9.17) is 4.74 Å². The number of methoxy groups -OCH3 is 1. The highest BCUT2D eigenvalue weighted by Crippen LogP contribution is 2.29. The normalized spacial score (nSPS) is 13.0. The Morgan fingerprint density at radius 1 is 1.38 bits per heavy atom. The van der Waals surface area contributed by atoms with Crippen molar-refractivity contribution in [3.8, 4) is 5.75 Å². The van der Waals surface area contributed by atoms with Crippen molar-refractivity contribution in [2.24, 2.45) is 12.5 Å². The molecular weight excluding hydrogens is 308 g/mol. The van der Waals surface area contributed by atoms with Gasteiger partial charge in [-0.15, -0.1) is 12.4 Å². The fourth-order valence-corrected chi connectivity index (χ4v) is 3.08. The first kappa shape index (κ1) is 18.1. The number of rotatable bonds is 4. The number of nitrogens with zero attached hydrogens (tertiary/aromatic N) is 2. The van der Waals surface area contributed by atoms with Crippen LogP contribution in [0.3, 0.4) is 0 Å². The van der Waals surface area contributed by atoms with Gasteiger partial charge in [-0.3, -0.25) is 0 Å². The molecule has 0 radical (unpaired) electrons. The van der Waals surface area contributed by atoms with E-state index in [9.17, 15) is 5.11 Å². The van der Waals surface area contributed by atoms with E-state index in [0.29, 0.717) is 5.75 Å². The van der Waals surface area contributed by atoms with Crippen LogP contribution in [0.15, 0.2) is 23.4 Å². The van der Waals surface area contributed by atoms with E-state index >= 15 is 0 Å². The Morgan fingerprint density at radius 3 is 2.62 bits per heavy atom. The number of aromatic nitrogens is 2. The third-order valence-corrected chi connectivity index (χ3v) is 4.52. The molecule has 2 rings (SSSR count). The number of hydrogen-bond acceptors (Lipinski definition) is 4. The Kier molecular flexibility index (Phi) is 5.96. The second-order valence-corrected chi connectivity index (χ2v) is 6.99. The van der Waals surface area contributed by atoms with Gasteiger partial charge in [0.2, 0.25) is 0 Å². The predicted molar refractivity (Wildman–Crippen MR) is 90.7 cm³/mol. The molecule has 0 saturated carbocycles. The highest BCUT2D eigenvalue weighted by molar-refractivity contribution is 7.99. The van der Waals surface area contributed by atoms with Crippen molar-refractivity contribution in [3.05, 3.63) is 18.2 Å². The highest BCUT2D eigenvalue weighted by atomic mass is 35.5. The number of imidazole rings is 1. The van der Waals surface area contributed by atoms with Crippen LogP contribution in [0.1, 0.15) is 20.8 Å². The maximum Gasteiger partial charge on any atom is 0.168 e. The molecule has 1 atom stereocenters. The summed E-state index contributed by atoms with van der Waals surface area (Å²) in [6.45, 7) is 6.12. The molecule has 1 N–H and O–H groups in total. The van der Waals surface area contributed by atoms with Gasteiger partial charge in [0.15, 0.2) is 5.16 Å². The van der Waals surface area contributed by atoms with Crippen LogP contribution in [0, 0.1) is 5.41 Å². The van der Waals surface area contributed by atoms with Gasteiger partial charge in [0.1, 0.15) is 5.75 Å². The molecule has 0 saturated heterocycles. The molecule has 0 aliphatic rings. The van der Waals surface area contributed by atoms with Gasteiger partial charge in [0.25, 0.3) is 0 Å². The van der Waals surface area contributed by atoms with Crippen molar-refractivity contribution >= 4 is 35.2 Å². The van der Waals surface area contributed by atoms with E-state index in [1.165, 1.54) is 0 Å². The molecule has 6 heteroatoms. The second-order valence-electron chi connectivity index (χ2n) is 6.00.